The van der Waals surface area contributed by atoms with Crippen LogP contribution in [-0.4, -0.2) is 263 Å². The fraction of sp³-hybridized carbons (Fsp3) is 0.833. The summed E-state index contributed by atoms with van der Waals surface area (Å²) in [6.45, 7) is 9.15. The number of halogens is 4. The number of fused-ring (bicyclic) bond motifs is 2. The van der Waals surface area contributed by atoms with Crippen LogP contribution < -0.4 is 21.3 Å². The number of alkyl halides is 4. The topological polar surface area (TPSA) is 288 Å². The van der Waals surface area contributed by atoms with Crippen LogP contribution in [0, 0.1) is 35.5 Å². The van der Waals surface area contributed by atoms with Gasteiger partial charge >= 0.3 is 6.18 Å². The molecule has 8 aliphatic rings. The van der Waals surface area contributed by atoms with E-state index in [0.29, 0.717) is 38.5 Å². The Bertz CT molecular complexity index is 2980. The summed E-state index contributed by atoms with van der Waals surface area (Å²) in [4.78, 5) is 191. The van der Waals surface area contributed by atoms with Crippen molar-refractivity contribution in [1.82, 2.24) is 60.5 Å². The van der Waals surface area contributed by atoms with Gasteiger partial charge < -0.3 is 65.2 Å². The molecule has 1 spiro atoms. The van der Waals surface area contributed by atoms with Crippen molar-refractivity contribution in [3.63, 3.8) is 0 Å². The molecule has 3 unspecified atom stereocenters. The van der Waals surface area contributed by atoms with Crippen molar-refractivity contribution in [2.75, 3.05) is 81.2 Å². The Labute approximate surface area is 599 Å². The zero-order valence-corrected chi connectivity index (χ0v) is 62.0. The van der Waals surface area contributed by atoms with Crippen molar-refractivity contribution in [2.24, 2.45) is 35.5 Å². The van der Waals surface area contributed by atoms with E-state index in [4.69, 9.17) is 16.3 Å². The molecule has 0 aromatic heterocycles. The number of hydrogen-bond donors (Lipinski definition) is 4. The van der Waals surface area contributed by atoms with E-state index < -0.39 is 173 Å². The van der Waals surface area contributed by atoms with Gasteiger partial charge in [0.15, 0.2) is 0 Å². The molecule has 12 amide bonds. The number of amides is 12. The molecular weight excluding hydrogens is 1330 g/mol. The minimum Gasteiger partial charge on any atom is -0.378 e. The standard InChI is InChI=1S/C72H114ClF3N12O13/c1-11-44(4)59-63(93)77-45(5)64(94)88-33-29-53(88)67(97)83(8)55(40-46-20-13-12-14-21-46)66(96)81(6)42-57(89)78-51(28-26-47-25-27-49(50(73)39-47)72(74,75)76)65(95)87-32-19-24-52(87)62(92)80-71(30-17-18-31-71)70(100)85(10)60(48-22-15-16-23-48)69(99)84(9)56(68(98)86-34-36-101-37-35-86)41-58(90)82(7)54(38-43(2)3)61(91)79-59/h43-56,59-60H,11-42H2,1-10H3,(H,77,93)(H,78,89)(H,79,91)(H,80,92)/t44-,45-,47?,49?,50?,51-,52-,53-,54-,55-,56-,59-,60-/m0/s1. The fourth-order valence-electron chi connectivity index (χ4n) is 17.0. The highest BCUT2D eigenvalue weighted by atomic mass is 35.5. The number of carbonyl (C=O) groups excluding carboxylic acids is 12. The molecule has 4 aliphatic heterocycles. The maximum absolute atomic E-state index is 15.7. The highest BCUT2D eigenvalue weighted by Gasteiger charge is 2.53. The first-order chi connectivity index (χ1) is 47.8. The largest absolute Gasteiger partial charge is 0.393 e. The van der Waals surface area contributed by atoms with Gasteiger partial charge in [0.1, 0.15) is 59.9 Å². The van der Waals surface area contributed by atoms with Gasteiger partial charge in [-0.25, -0.2) is 0 Å². The van der Waals surface area contributed by atoms with E-state index in [9.17, 15) is 41.9 Å². The third-order valence-electron chi connectivity index (χ3n) is 23.6. The van der Waals surface area contributed by atoms with Gasteiger partial charge in [0, 0.05) is 66.8 Å². The van der Waals surface area contributed by atoms with Gasteiger partial charge in [-0.05, 0) is 126 Å². The van der Waals surface area contributed by atoms with Crippen molar-refractivity contribution in [2.45, 2.75) is 267 Å². The van der Waals surface area contributed by atoms with E-state index in [1.807, 2.05) is 20.8 Å². The number of ether oxygens (including phenoxy) is 1. The minimum absolute atomic E-state index is 0.000660. The highest BCUT2D eigenvalue weighted by molar-refractivity contribution is 6.21. The van der Waals surface area contributed by atoms with E-state index in [-0.39, 0.29) is 128 Å². The Hall–Kier alpha value is -6.32. The van der Waals surface area contributed by atoms with Crippen LogP contribution in [0.4, 0.5) is 13.2 Å². The van der Waals surface area contributed by atoms with Crippen LogP contribution in [0.1, 0.15) is 195 Å². The molecule has 0 aromatic carbocycles. The first-order valence-electron chi connectivity index (χ1n) is 37.5. The third kappa shape index (κ3) is 19.4. The van der Waals surface area contributed by atoms with E-state index in [0.717, 1.165) is 44.9 Å². The van der Waals surface area contributed by atoms with Gasteiger partial charge in [-0.2, -0.15) is 13.2 Å². The van der Waals surface area contributed by atoms with Crippen LogP contribution in [0.5, 0.6) is 0 Å². The van der Waals surface area contributed by atoms with Crippen LogP contribution in [-0.2, 0) is 62.3 Å². The number of rotatable bonds is 11. The molecule has 568 valence electrons. The summed E-state index contributed by atoms with van der Waals surface area (Å²) in [5.41, 5.74) is -1.56. The van der Waals surface area contributed by atoms with Crippen molar-refractivity contribution in [3.8, 4) is 0 Å². The minimum atomic E-state index is -4.51. The number of morpholine rings is 1. The number of nitrogens with one attached hydrogen (secondary N) is 4. The first-order valence-corrected chi connectivity index (χ1v) is 37.9. The Morgan fingerprint density at radius 3 is 1.87 bits per heavy atom. The summed E-state index contributed by atoms with van der Waals surface area (Å²) in [5.74, 6) is -10.7. The molecule has 0 bridgehead atoms. The van der Waals surface area contributed by atoms with E-state index in [1.165, 1.54) is 81.4 Å². The second-order valence-corrected chi connectivity index (χ2v) is 31.6. The van der Waals surface area contributed by atoms with Crippen molar-refractivity contribution in [1.29, 1.82) is 0 Å². The number of nitrogens with zero attached hydrogens (tertiary/aromatic N) is 8. The van der Waals surface area contributed by atoms with Gasteiger partial charge in [-0.1, -0.05) is 91.9 Å². The summed E-state index contributed by atoms with van der Waals surface area (Å²) in [7, 11) is 7.28. The quantitative estimate of drug-likeness (QED) is 0.196. The van der Waals surface area contributed by atoms with Crippen LogP contribution in [0.3, 0.4) is 0 Å². The predicted octanol–water partition coefficient (Wildman–Crippen LogP) is 5.13. The lowest BCUT2D eigenvalue weighted by Crippen LogP contribution is -2.65. The maximum Gasteiger partial charge on any atom is 0.393 e. The zero-order valence-electron chi connectivity index (χ0n) is 61.3. The van der Waals surface area contributed by atoms with Crippen LogP contribution in [0.15, 0.2) is 0 Å². The smallest absolute Gasteiger partial charge is 0.378 e. The molecule has 4 saturated carbocycles. The highest BCUT2D eigenvalue weighted by Crippen LogP contribution is 2.44. The Balaban J connectivity index is 1.16. The molecule has 4 heterocycles. The van der Waals surface area contributed by atoms with Gasteiger partial charge in [-0.15, -0.1) is 11.6 Å². The van der Waals surface area contributed by atoms with E-state index in [2.05, 4.69) is 21.3 Å². The average molecular weight is 1450 g/mol. The van der Waals surface area contributed by atoms with Gasteiger partial charge in [-0.3, -0.25) is 57.5 Å². The average Bonchev–Trinajstić information content (AvgIpc) is 1.70. The fourth-order valence-corrected chi connectivity index (χ4v) is 17.6. The maximum atomic E-state index is 15.7. The summed E-state index contributed by atoms with van der Waals surface area (Å²) in [6, 6.07) is -10.9. The van der Waals surface area contributed by atoms with Crippen molar-refractivity contribution in [3.05, 3.63) is 0 Å². The lowest BCUT2D eigenvalue weighted by atomic mass is 9.78. The predicted molar refractivity (Wildman–Crippen MR) is 369 cm³/mol. The molecule has 13 atom stereocenters. The van der Waals surface area contributed by atoms with Crippen molar-refractivity contribution >= 4 is 82.5 Å². The second-order valence-electron chi connectivity index (χ2n) is 31.0. The summed E-state index contributed by atoms with van der Waals surface area (Å²) < 4.78 is 47.7. The third-order valence-corrected chi connectivity index (χ3v) is 24.1. The van der Waals surface area contributed by atoms with Crippen molar-refractivity contribution < 1.29 is 75.4 Å². The number of hydrogen-bond acceptors (Lipinski definition) is 13. The molecule has 0 radical (unpaired) electrons. The molecule has 4 N–H and O–H groups in total. The molecule has 4 aliphatic carbocycles. The van der Waals surface area contributed by atoms with Gasteiger partial charge in [0.25, 0.3) is 0 Å². The Kier molecular flexibility index (Phi) is 28.2. The summed E-state index contributed by atoms with van der Waals surface area (Å²) in [6.07, 6.45) is 4.89. The van der Waals surface area contributed by atoms with Gasteiger partial charge in [0.05, 0.1) is 32.1 Å². The van der Waals surface area contributed by atoms with Crippen LogP contribution in [0.2, 0.25) is 0 Å². The van der Waals surface area contributed by atoms with Gasteiger partial charge in [0.2, 0.25) is 70.9 Å². The molecular formula is C72H114ClF3N12O13. The number of likely N-dealkylation sites (N-methyl/N-ethyl adjacent to an activating group) is 5. The Morgan fingerprint density at radius 1 is 0.624 bits per heavy atom. The Morgan fingerprint density at radius 2 is 1.27 bits per heavy atom. The monoisotopic (exact) mass is 1450 g/mol. The lowest BCUT2D eigenvalue weighted by molar-refractivity contribution is -0.182. The zero-order chi connectivity index (χ0) is 73.9. The molecule has 101 heavy (non-hydrogen) atoms. The summed E-state index contributed by atoms with van der Waals surface area (Å²) >= 11 is 6.41. The summed E-state index contributed by atoms with van der Waals surface area (Å²) in [5, 5.41) is 10.4. The lowest BCUT2D eigenvalue weighted by Gasteiger charge is -2.44. The SMILES string of the molecule is CC[C@H](C)[C@@H]1NC(=O)[C@H](CC(C)C)N(C)C(=O)C[C@@H](C(=O)N2CCOCC2)N(C)C(=O)[C@H](C2CCCC2)N(C)C(=O)C2(CCCC2)NC(=O)[C@@H]2CCCN2C(=O)[C@H](CCC2CCC(C(F)(F)F)C(Cl)C2)NC(=O)CN(C)C(=O)[C@H](CC2CCCCC2)N(C)C(=O)[C@@H]2CCN2C(=O)[C@H](C)NC1=O. The molecule has 25 nitrogen and oxygen atoms in total. The molecule has 4 saturated heterocycles. The molecule has 0 aromatic rings. The molecule has 8 rings (SSSR count). The molecule has 8 fully saturated rings. The normalized spacial score (nSPS) is 31.6. The molecule has 29 heteroatoms. The number of carbonyl (C=O) groups is 12. The van der Waals surface area contributed by atoms with Crippen LogP contribution in [0.25, 0.3) is 0 Å². The second kappa shape index (κ2) is 35.4. The first kappa shape index (κ1) is 80.4. The van der Waals surface area contributed by atoms with Crippen LogP contribution >= 0.6 is 11.6 Å². The van der Waals surface area contributed by atoms with E-state index in [1.54, 1.807) is 6.92 Å². The van der Waals surface area contributed by atoms with E-state index >= 15 is 28.8 Å².